The summed E-state index contributed by atoms with van der Waals surface area (Å²) in [6.07, 6.45) is 2.75. The fraction of sp³-hybridized carbons (Fsp3) is 0.190. The van der Waals surface area contributed by atoms with Crippen LogP contribution in [-0.2, 0) is 4.74 Å². The minimum absolute atomic E-state index is 0.243. The minimum Gasteiger partial charge on any atom is -0.444 e. The number of nitrogens with one attached hydrogen (secondary N) is 2. The maximum Gasteiger partial charge on any atom is 0.412 e. The molecule has 0 bridgehead atoms. The number of pyridine rings is 1. The highest BCUT2D eigenvalue weighted by Gasteiger charge is 2.16. The third-order valence-corrected chi connectivity index (χ3v) is 3.70. The van der Waals surface area contributed by atoms with Gasteiger partial charge in [-0.1, -0.05) is 24.3 Å². The summed E-state index contributed by atoms with van der Waals surface area (Å²) in [5.74, 6) is -0.243. The predicted molar refractivity (Wildman–Crippen MR) is 106 cm³/mol. The van der Waals surface area contributed by atoms with E-state index in [0.29, 0.717) is 16.9 Å². The van der Waals surface area contributed by atoms with Gasteiger partial charge in [0.2, 0.25) is 0 Å². The lowest BCUT2D eigenvalue weighted by Crippen LogP contribution is -2.27. The van der Waals surface area contributed by atoms with Crippen LogP contribution in [0.2, 0.25) is 0 Å². The number of ether oxygens (including phenoxy) is 1. The van der Waals surface area contributed by atoms with Crippen molar-refractivity contribution in [1.82, 2.24) is 4.98 Å². The monoisotopic (exact) mass is 363 g/mol. The Bertz CT molecular complexity index is 971. The van der Waals surface area contributed by atoms with Crippen molar-refractivity contribution in [3.05, 3.63) is 66.5 Å². The first kappa shape index (κ1) is 18.4. The lowest BCUT2D eigenvalue weighted by atomic mass is 10.1. The van der Waals surface area contributed by atoms with Gasteiger partial charge in [-0.25, -0.2) is 4.79 Å². The third kappa shape index (κ3) is 4.82. The van der Waals surface area contributed by atoms with Gasteiger partial charge in [-0.2, -0.15) is 0 Å². The highest BCUT2D eigenvalue weighted by Crippen LogP contribution is 2.20. The van der Waals surface area contributed by atoms with Gasteiger partial charge in [-0.15, -0.1) is 0 Å². The Hall–Kier alpha value is -3.41. The Balaban J connectivity index is 1.69. The topological polar surface area (TPSA) is 80.3 Å². The average molecular weight is 363 g/mol. The highest BCUT2D eigenvalue weighted by molar-refractivity contribution is 6.12. The molecule has 0 radical (unpaired) electrons. The molecule has 3 rings (SSSR count). The predicted octanol–water partition coefficient (Wildman–Crippen LogP) is 4.83. The first-order chi connectivity index (χ1) is 12.8. The molecule has 0 atom stereocenters. The molecule has 2 aromatic carbocycles. The second kappa shape index (κ2) is 7.45. The van der Waals surface area contributed by atoms with Crippen LogP contribution in [0.4, 0.5) is 16.2 Å². The smallest absolute Gasteiger partial charge is 0.412 e. The number of carbonyl (C=O) groups excluding carboxylic acids is 2. The van der Waals surface area contributed by atoms with Gasteiger partial charge in [0, 0.05) is 29.2 Å². The molecule has 6 heteroatoms. The quantitative estimate of drug-likeness (QED) is 0.698. The van der Waals surface area contributed by atoms with Gasteiger partial charge in [-0.3, -0.25) is 15.1 Å². The summed E-state index contributed by atoms with van der Waals surface area (Å²) in [6.45, 7) is 5.40. The first-order valence-electron chi connectivity index (χ1n) is 8.56. The average Bonchev–Trinajstić information content (AvgIpc) is 2.61. The minimum atomic E-state index is -0.565. The van der Waals surface area contributed by atoms with Crippen molar-refractivity contribution in [2.75, 3.05) is 10.6 Å². The van der Waals surface area contributed by atoms with Gasteiger partial charge >= 0.3 is 6.09 Å². The van der Waals surface area contributed by atoms with E-state index in [0.717, 1.165) is 10.8 Å². The summed E-state index contributed by atoms with van der Waals surface area (Å²) in [5.41, 5.74) is 1.13. The van der Waals surface area contributed by atoms with Crippen LogP contribution in [0, 0.1) is 0 Å². The van der Waals surface area contributed by atoms with Crippen molar-refractivity contribution in [2.24, 2.45) is 0 Å². The number of hydrogen-bond acceptors (Lipinski definition) is 4. The van der Waals surface area contributed by atoms with Crippen LogP contribution in [0.1, 0.15) is 31.1 Å². The number of fused-ring (bicyclic) bond motifs is 1. The molecule has 0 aliphatic carbocycles. The Labute approximate surface area is 157 Å². The number of benzene rings is 2. The summed E-state index contributed by atoms with van der Waals surface area (Å²) >= 11 is 0. The zero-order valence-electron chi connectivity index (χ0n) is 15.4. The molecule has 3 aromatic rings. The molecule has 1 aromatic heterocycles. The van der Waals surface area contributed by atoms with Crippen LogP contribution in [0.15, 0.2) is 60.9 Å². The van der Waals surface area contributed by atoms with Gasteiger partial charge < -0.3 is 10.1 Å². The van der Waals surface area contributed by atoms with Crippen LogP contribution in [0.25, 0.3) is 10.8 Å². The van der Waals surface area contributed by atoms with E-state index in [9.17, 15) is 9.59 Å². The highest BCUT2D eigenvalue weighted by atomic mass is 16.6. The molecule has 0 spiro atoms. The van der Waals surface area contributed by atoms with Crippen molar-refractivity contribution in [1.29, 1.82) is 0 Å². The van der Waals surface area contributed by atoms with Crippen LogP contribution in [0.5, 0.6) is 0 Å². The number of anilines is 2. The van der Waals surface area contributed by atoms with E-state index in [4.69, 9.17) is 4.74 Å². The number of aromatic nitrogens is 1. The standard InChI is InChI=1S/C21H21N3O3/c1-21(2,3)27-20(26)24-16-10-8-15(9-11-16)23-19(25)18-13-22-12-14-6-4-5-7-17(14)18/h4-13H,1-3H3,(H,23,25)(H,24,26). The van der Waals surface area contributed by atoms with E-state index in [-0.39, 0.29) is 5.91 Å². The largest absolute Gasteiger partial charge is 0.444 e. The van der Waals surface area contributed by atoms with E-state index in [1.807, 2.05) is 24.3 Å². The maximum atomic E-state index is 12.6. The zero-order chi connectivity index (χ0) is 19.4. The normalized spacial score (nSPS) is 11.1. The molecule has 2 amide bonds. The van der Waals surface area contributed by atoms with Crippen LogP contribution >= 0.6 is 0 Å². The fourth-order valence-corrected chi connectivity index (χ4v) is 2.55. The SMILES string of the molecule is CC(C)(C)OC(=O)Nc1ccc(NC(=O)c2cncc3ccccc23)cc1. The van der Waals surface area contributed by atoms with E-state index >= 15 is 0 Å². The molecule has 138 valence electrons. The molecule has 1 heterocycles. The van der Waals surface area contributed by atoms with Crippen molar-refractivity contribution >= 4 is 34.1 Å². The van der Waals surface area contributed by atoms with Crippen molar-refractivity contribution < 1.29 is 14.3 Å². The summed E-state index contributed by atoms with van der Waals surface area (Å²) in [4.78, 5) is 28.5. The summed E-state index contributed by atoms with van der Waals surface area (Å²) in [5, 5.41) is 7.24. The lowest BCUT2D eigenvalue weighted by molar-refractivity contribution is 0.0635. The number of carbonyl (C=O) groups is 2. The molecular formula is C21H21N3O3. The first-order valence-corrected chi connectivity index (χ1v) is 8.56. The zero-order valence-corrected chi connectivity index (χ0v) is 15.4. The fourth-order valence-electron chi connectivity index (χ4n) is 2.55. The molecule has 0 fully saturated rings. The van der Waals surface area contributed by atoms with Crippen molar-refractivity contribution in [2.45, 2.75) is 26.4 Å². The van der Waals surface area contributed by atoms with Crippen molar-refractivity contribution in [3.63, 3.8) is 0 Å². The van der Waals surface area contributed by atoms with Crippen LogP contribution < -0.4 is 10.6 Å². The van der Waals surface area contributed by atoms with Gasteiger partial charge in [0.15, 0.2) is 0 Å². The Morgan fingerprint density at radius 2 is 1.52 bits per heavy atom. The summed E-state index contributed by atoms with van der Waals surface area (Å²) in [6, 6.07) is 14.4. The maximum absolute atomic E-state index is 12.6. The molecular weight excluding hydrogens is 342 g/mol. The molecule has 0 saturated heterocycles. The number of rotatable bonds is 3. The van der Waals surface area contributed by atoms with Crippen molar-refractivity contribution in [3.8, 4) is 0 Å². The molecule has 0 unspecified atom stereocenters. The molecule has 0 aliphatic rings. The molecule has 0 aliphatic heterocycles. The second-order valence-corrected chi connectivity index (χ2v) is 7.07. The third-order valence-electron chi connectivity index (χ3n) is 3.70. The molecule has 2 N–H and O–H groups in total. The van der Waals surface area contributed by atoms with Gasteiger partial charge in [0.1, 0.15) is 5.60 Å². The summed E-state index contributed by atoms with van der Waals surface area (Å²) in [7, 11) is 0. The molecule has 0 saturated carbocycles. The van der Waals surface area contributed by atoms with Gasteiger partial charge in [0.05, 0.1) is 5.56 Å². The van der Waals surface area contributed by atoms with E-state index in [2.05, 4.69) is 15.6 Å². The summed E-state index contributed by atoms with van der Waals surface area (Å²) < 4.78 is 5.21. The Kier molecular flexibility index (Phi) is 5.07. The Morgan fingerprint density at radius 1 is 0.889 bits per heavy atom. The number of nitrogens with zero attached hydrogens (tertiary/aromatic N) is 1. The van der Waals surface area contributed by atoms with E-state index < -0.39 is 11.7 Å². The number of hydrogen-bond donors (Lipinski definition) is 2. The van der Waals surface area contributed by atoms with Gasteiger partial charge in [-0.05, 0) is 50.4 Å². The Morgan fingerprint density at radius 3 is 2.19 bits per heavy atom. The van der Waals surface area contributed by atoms with Gasteiger partial charge in [0.25, 0.3) is 5.91 Å². The second-order valence-electron chi connectivity index (χ2n) is 7.07. The molecule has 6 nitrogen and oxygen atoms in total. The van der Waals surface area contributed by atoms with Crippen LogP contribution in [0.3, 0.4) is 0 Å². The lowest BCUT2D eigenvalue weighted by Gasteiger charge is -2.19. The molecule has 27 heavy (non-hydrogen) atoms. The number of amides is 2. The van der Waals surface area contributed by atoms with E-state index in [1.54, 1.807) is 57.4 Å². The van der Waals surface area contributed by atoms with E-state index in [1.165, 1.54) is 0 Å². The van der Waals surface area contributed by atoms with Crippen LogP contribution in [-0.4, -0.2) is 22.6 Å².